The van der Waals surface area contributed by atoms with Crippen LogP contribution in [0, 0.1) is 0 Å². The molecule has 1 aromatic rings. The molecule has 0 atom stereocenters. The van der Waals surface area contributed by atoms with E-state index in [1.807, 2.05) is 0 Å². The molecule has 0 spiro atoms. The van der Waals surface area contributed by atoms with Crippen molar-refractivity contribution >= 4 is 5.82 Å². The Morgan fingerprint density at radius 1 is 1.09 bits per heavy atom. The third-order valence-electron chi connectivity index (χ3n) is 3.63. The number of halogens is 6. The van der Waals surface area contributed by atoms with Gasteiger partial charge in [-0.1, -0.05) is 0 Å². The molecule has 0 bridgehead atoms. The second-order valence-electron chi connectivity index (χ2n) is 5.85. The van der Waals surface area contributed by atoms with Crippen LogP contribution in [0.3, 0.4) is 0 Å². The number of nitrogens with zero attached hydrogens (tertiary/aromatic N) is 3. The number of rotatable bonds is 3. The first kappa shape index (κ1) is 16.8. The zero-order valence-electron chi connectivity index (χ0n) is 12.0. The quantitative estimate of drug-likeness (QED) is 0.772. The summed E-state index contributed by atoms with van der Waals surface area (Å²) >= 11 is 0. The molecule has 0 saturated carbocycles. The summed E-state index contributed by atoms with van der Waals surface area (Å²) < 4.78 is 78.1. The summed E-state index contributed by atoms with van der Waals surface area (Å²) in [6, 6.07) is 0. The van der Waals surface area contributed by atoms with E-state index in [1.54, 1.807) is 0 Å². The lowest BCUT2D eigenvalue weighted by Crippen LogP contribution is -2.54. The second-order valence-corrected chi connectivity index (χ2v) is 5.85. The molecule has 9 heteroatoms. The van der Waals surface area contributed by atoms with Crippen LogP contribution in [0.1, 0.15) is 50.9 Å². The van der Waals surface area contributed by atoms with Crippen LogP contribution < -0.4 is 4.90 Å². The van der Waals surface area contributed by atoms with Crippen molar-refractivity contribution in [2.75, 3.05) is 11.4 Å². The lowest BCUT2D eigenvalue weighted by atomic mass is 9.88. The predicted molar refractivity (Wildman–Crippen MR) is 67.6 cm³/mol. The van der Waals surface area contributed by atoms with E-state index >= 15 is 0 Å². The zero-order chi connectivity index (χ0) is 16.7. The van der Waals surface area contributed by atoms with Crippen molar-refractivity contribution in [2.45, 2.75) is 51.0 Å². The molecular formula is C13H15F6N3. The Kier molecular flexibility index (Phi) is 4.27. The Morgan fingerprint density at radius 2 is 1.68 bits per heavy atom. The van der Waals surface area contributed by atoms with Gasteiger partial charge in [0.1, 0.15) is 17.2 Å². The fraction of sp³-hybridized carbons (Fsp3) is 0.692. The molecule has 3 nitrogen and oxygen atoms in total. The number of piperidine rings is 1. The monoisotopic (exact) mass is 327 g/mol. The molecule has 22 heavy (non-hydrogen) atoms. The zero-order valence-corrected chi connectivity index (χ0v) is 12.0. The van der Waals surface area contributed by atoms with E-state index in [-0.39, 0.29) is 12.4 Å². The first-order valence-corrected chi connectivity index (χ1v) is 6.62. The fourth-order valence-electron chi connectivity index (χ4n) is 2.68. The van der Waals surface area contributed by atoms with Gasteiger partial charge in [0.2, 0.25) is 0 Å². The largest absolute Gasteiger partial charge is 0.350 e. The van der Waals surface area contributed by atoms with Crippen molar-refractivity contribution in [3.05, 3.63) is 17.6 Å². The second kappa shape index (κ2) is 5.58. The average molecular weight is 327 g/mol. The summed E-state index contributed by atoms with van der Waals surface area (Å²) in [4.78, 5) is 8.31. The predicted octanol–water partition coefficient (Wildman–Crippen LogP) is 4.37. The van der Waals surface area contributed by atoms with Crippen molar-refractivity contribution in [1.82, 2.24) is 9.97 Å². The summed E-state index contributed by atoms with van der Waals surface area (Å²) in [5.41, 5.74) is -3.25. The topological polar surface area (TPSA) is 29.0 Å². The number of hydrogen-bond acceptors (Lipinski definition) is 3. The van der Waals surface area contributed by atoms with E-state index in [0.29, 0.717) is 0 Å². The number of aromatic nitrogens is 2. The van der Waals surface area contributed by atoms with Crippen molar-refractivity contribution in [2.24, 2.45) is 0 Å². The molecule has 2 rings (SSSR count). The lowest BCUT2D eigenvalue weighted by Gasteiger charge is -2.46. The number of anilines is 1. The minimum atomic E-state index is -3.22. The third kappa shape index (κ3) is 3.27. The van der Waals surface area contributed by atoms with Crippen molar-refractivity contribution in [3.8, 4) is 0 Å². The summed E-state index contributed by atoms with van der Waals surface area (Å²) in [5, 5.41) is 0. The van der Waals surface area contributed by atoms with Gasteiger partial charge in [-0.2, -0.15) is 0 Å². The van der Waals surface area contributed by atoms with E-state index in [2.05, 4.69) is 9.97 Å². The van der Waals surface area contributed by atoms with Crippen LogP contribution in [-0.2, 0) is 0 Å². The first-order chi connectivity index (χ1) is 10.0. The molecule has 1 aliphatic rings. The molecule has 0 aliphatic carbocycles. The third-order valence-corrected chi connectivity index (χ3v) is 3.63. The smallest absolute Gasteiger partial charge is 0.282 e. The highest BCUT2D eigenvalue weighted by Crippen LogP contribution is 2.40. The highest BCUT2D eigenvalue weighted by Gasteiger charge is 2.45. The van der Waals surface area contributed by atoms with Gasteiger partial charge in [0.15, 0.2) is 0 Å². The Hall–Kier alpha value is -1.54. The molecule has 1 saturated heterocycles. The van der Waals surface area contributed by atoms with Crippen LogP contribution in [0.15, 0.2) is 6.20 Å². The van der Waals surface area contributed by atoms with Crippen LogP contribution in [-0.4, -0.2) is 28.0 Å². The van der Waals surface area contributed by atoms with E-state index < -0.39 is 48.5 Å². The standard InChI is InChI=1S/C13H15F6N3/c1-12(2)6-13(18,19)3-4-22(12)7-5-20-8(10(14)15)9(21-7)11(16)17/h5,10-11H,3-4,6H2,1-2H3. The van der Waals surface area contributed by atoms with E-state index in [4.69, 9.17) is 0 Å². The Balaban J connectivity index is 2.39. The molecular weight excluding hydrogens is 312 g/mol. The molecule has 0 aromatic carbocycles. The fourth-order valence-corrected chi connectivity index (χ4v) is 2.68. The van der Waals surface area contributed by atoms with Gasteiger partial charge in [-0.05, 0) is 13.8 Å². The molecule has 124 valence electrons. The van der Waals surface area contributed by atoms with Crippen LogP contribution in [0.4, 0.5) is 32.2 Å². The summed E-state index contributed by atoms with van der Waals surface area (Å²) in [6.07, 6.45) is -6.41. The molecule has 0 radical (unpaired) electrons. The summed E-state index contributed by atoms with van der Waals surface area (Å²) in [7, 11) is 0. The van der Waals surface area contributed by atoms with E-state index in [9.17, 15) is 26.3 Å². The SMILES string of the molecule is CC1(C)CC(F)(F)CCN1c1cnc(C(F)F)c(C(F)F)n1. The first-order valence-electron chi connectivity index (χ1n) is 6.62. The van der Waals surface area contributed by atoms with Crippen LogP contribution in [0.2, 0.25) is 0 Å². The summed E-state index contributed by atoms with van der Waals surface area (Å²) in [6.45, 7) is 2.92. The van der Waals surface area contributed by atoms with Crippen molar-refractivity contribution < 1.29 is 26.3 Å². The van der Waals surface area contributed by atoms with Gasteiger partial charge in [-0.15, -0.1) is 0 Å². The Labute approximate surface area is 123 Å². The van der Waals surface area contributed by atoms with Crippen LogP contribution >= 0.6 is 0 Å². The number of alkyl halides is 6. The minimum Gasteiger partial charge on any atom is -0.350 e. The Bertz CT molecular complexity index is 547. The van der Waals surface area contributed by atoms with Crippen LogP contribution in [0.25, 0.3) is 0 Å². The Morgan fingerprint density at radius 3 is 2.18 bits per heavy atom. The molecule has 1 aromatic heterocycles. The molecule has 2 heterocycles. The molecule has 1 fully saturated rings. The molecule has 0 N–H and O–H groups in total. The van der Waals surface area contributed by atoms with Gasteiger partial charge in [-0.25, -0.2) is 36.3 Å². The van der Waals surface area contributed by atoms with E-state index in [1.165, 1.54) is 18.7 Å². The average Bonchev–Trinajstić information content (AvgIpc) is 2.35. The maximum atomic E-state index is 13.5. The minimum absolute atomic E-state index is 0.0970. The van der Waals surface area contributed by atoms with Gasteiger partial charge in [-0.3, -0.25) is 0 Å². The molecule has 0 unspecified atom stereocenters. The maximum absolute atomic E-state index is 13.5. The van der Waals surface area contributed by atoms with Gasteiger partial charge >= 0.3 is 0 Å². The van der Waals surface area contributed by atoms with Crippen LogP contribution in [0.5, 0.6) is 0 Å². The van der Waals surface area contributed by atoms with Gasteiger partial charge < -0.3 is 4.90 Å². The summed E-state index contributed by atoms with van der Waals surface area (Å²) in [5.74, 6) is -2.96. The molecule has 1 aliphatic heterocycles. The molecule has 0 amide bonds. The van der Waals surface area contributed by atoms with Gasteiger partial charge in [0, 0.05) is 24.9 Å². The highest BCUT2D eigenvalue weighted by molar-refractivity contribution is 5.42. The number of hydrogen-bond donors (Lipinski definition) is 0. The van der Waals surface area contributed by atoms with Crippen molar-refractivity contribution in [1.29, 1.82) is 0 Å². The van der Waals surface area contributed by atoms with Crippen molar-refractivity contribution in [3.63, 3.8) is 0 Å². The van der Waals surface area contributed by atoms with Gasteiger partial charge in [0.05, 0.1) is 6.20 Å². The maximum Gasteiger partial charge on any atom is 0.282 e. The lowest BCUT2D eigenvalue weighted by molar-refractivity contribution is -0.0468. The highest BCUT2D eigenvalue weighted by atomic mass is 19.3. The van der Waals surface area contributed by atoms with E-state index in [0.717, 1.165) is 6.20 Å². The van der Waals surface area contributed by atoms with Gasteiger partial charge in [0.25, 0.3) is 18.8 Å². The normalized spacial score (nSPS) is 20.7.